The summed E-state index contributed by atoms with van der Waals surface area (Å²) in [5.41, 5.74) is 5.89. The Morgan fingerprint density at radius 2 is 2.12 bits per heavy atom. The van der Waals surface area contributed by atoms with Crippen molar-refractivity contribution in [1.29, 1.82) is 0 Å². The Bertz CT molecular complexity index is 388. The highest BCUT2D eigenvalue weighted by molar-refractivity contribution is 7.99. The molecular formula is C10H19N3O2S2. The average molecular weight is 277 g/mol. The van der Waals surface area contributed by atoms with Crippen LogP contribution in [-0.2, 0) is 9.84 Å². The Balaban J connectivity index is 1.91. The van der Waals surface area contributed by atoms with Crippen LogP contribution in [0.4, 0.5) is 0 Å². The molecule has 0 bridgehead atoms. The van der Waals surface area contributed by atoms with Crippen molar-refractivity contribution < 1.29 is 8.42 Å². The summed E-state index contributed by atoms with van der Waals surface area (Å²) < 4.78 is 23.2. The van der Waals surface area contributed by atoms with Gasteiger partial charge in [0, 0.05) is 24.6 Å². The fourth-order valence-electron chi connectivity index (χ4n) is 2.15. The second kappa shape index (κ2) is 5.48. The quantitative estimate of drug-likeness (QED) is 0.565. The minimum absolute atomic E-state index is 0.305. The highest BCUT2D eigenvalue weighted by atomic mass is 32.2. The molecule has 0 saturated carbocycles. The van der Waals surface area contributed by atoms with Crippen LogP contribution in [0.25, 0.3) is 0 Å². The highest BCUT2D eigenvalue weighted by Crippen LogP contribution is 2.20. The summed E-state index contributed by atoms with van der Waals surface area (Å²) in [5.74, 6) is 2.95. The summed E-state index contributed by atoms with van der Waals surface area (Å²) in [4.78, 5) is 6.30. The molecule has 98 valence electrons. The van der Waals surface area contributed by atoms with Crippen molar-refractivity contribution in [3.05, 3.63) is 0 Å². The molecule has 2 rings (SSSR count). The molecule has 2 aliphatic heterocycles. The number of guanidine groups is 1. The maximum absolute atomic E-state index is 11.6. The number of rotatable bonds is 2. The molecule has 2 aliphatic rings. The molecule has 2 fully saturated rings. The van der Waals surface area contributed by atoms with E-state index >= 15 is 0 Å². The van der Waals surface area contributed by atoms with E-state index < -0.39 is 9.84 Å². The Labute approximate surface area is 107 Å². The van der Waals surface area contributed by atoms with Gasteiger partial charge in [0.05, 0.1) is 17.5 Å². The van der Waals surface area contributed by atoms with E-state index in [0.717, 1.165) is 37.4 Å². The Hall–Kier alpha value is -0.430. The minimum atomic E-state index is -2.90. The zero-order chi connectivity index (χ0) is 12.3. The summed E-state index contributed by atoms with van der Waals surface area (Å²) in [6, 6.07) is 0. The van der Waals surface area contributed by atoms with Crippen LogP contribution in [0.3, 0.4) is 0 Å². The summed E-state index contributed by atoms with van der Waals surface area (Å²) in [7, 11) is -2.90. The van der Waals surface area contributed by atoms with E-state index in [0.29, 0.717) is 18.3 Å². The van der Waals surface area contributed by atoms with E-state index in [4.69, 9.17) is 5.73 Å². The van der Waals surface area contributed by atoms with Crippen LogP contribution in [-0.4, -0.2) is 61.4 Å². The van der Waals surface area contributed by atoms with Gasteiger partial charge in [0.25, 0.3) is 0 Å². The van der Waals surface area contributed by atoms with Crippen LogP contribution in [0.15, 0.2) is 4.99 Å². The maximum atomic E-state index is 11.6. The third-order valence-corrected chi connectivity index (χ3v) is 6.46. The molecule has 0 aromatic heterocycles. The van der Waals surface area contributed by atoms with Crippen molar-refractivity contribution >= 4 is 27.6 Å². The number of thioether (sulfide) groups is 1. The zero-order valence-corrected chi connectivity index (χ0v) is 11.5. The van der Waals surface area contributed by atoms with Crippen molar-refractivity contribution in [3.8, 4) is 0 Å². The molecule has 0 aliphatic carbocycles. The van der Waals surface area contributed by atoms with Gasteiger partial charge in [0.15, 0.2) is 15.8 Å². The average Bonchev–Trinajstić information content (AvgIpc) is 2.66. The van der Waals surface area contributed by atoms with Gasteiger partial charge in [0.2, 0.25) is 0 Å². The van der Waals surface area contributed by atoms with Gasteiger partial charge in [0.1, 0.15) is 0 Å². The Kier molecular flexibility index (Phi) is 4.19. The first-order valence-corrected chi connectivity index (χ1v) is 8.81. The van der Waals surface area contributed by atoms with Crippen LogP contribution >= 0.6 is 11.8 Å². The van der Waals surface area contributed by atoms with Gasteiger partial charge in [-0.15, -0.1) is 0 Å². The molecule has 1 unspecified atom stereocenters. The number of sulfone groups is 1. The maximum Gasteiger partial charge on any atom is 0.191 e. The third kappa shape index (κ3) is 3.28. The predicted octanol–water partition coefficient (Wildman–Crippen LogP) is -0.0729. The first-order valence-electron chi connectivity index (χ1n) is 5.94. The Morgan fingerprint density at radius 1 is 1.41 bits per heavy atom. The van der Waals surface area contributed by atoms with Crippen LogP contribution in [0.2, 0.25) is 0 Å². The van der Waals surface area contributed by atoms with Crippen molar-refractivity contribution in [2.75, 3.05) is 36.9 Å². The molecule has 1 atom stereocenters. The van der Waals surface area contributed by atoms with Crippen LogP contribution in [0.5, 0.6) is 0 Å². The molecule has 0 amide bonds. The smallest absolute Gasteiger partial charge is 0.191 e. The summed E-state index contributed by atoms with van der Waals surface area (Å²) in [6.07, 6.45) is 1.50. The lowest BCUT2D eigenvalue weighted by atomic mass is 10.2. The first kappa shape index (κ1) is 13.0. The van der Waals surface area contributed by atoms with Gasteiger partial charge in [-0.2, -0.15) is 11.8 Å². The van der Waals surface area contributed by atoms with E-state index in [1.807, 2.05) is 16.7 Å². The van der Waals surface area contributed by atoms with E-state index in [9.17, 15) is 8.42 Å². The molecule has 0 aromatic carbocycles. The molecule has 0 aromatic rings. The molecule has 7 heteroatoms. The van der Waals surface area contributed by atoms with E-state index in [1.165, 1.54) is 0 Å². The first-order chi connectivity index (χ1) is 8.09. The van der Waals surface area contributed by atoms with Crippen molar-refractivity contribution in [3.63, 3.8) is 0 Å². The number of hydrogen-bond acceptors (Lipinski definition) is 4. The lowest BCUT2D eigenvalue weighted by Crippen LogP contribution is -2.43. The number of aliphatic imine (C=N–C) groups is 1. The lowest BCUT2D eigenvalue weighted by molar-refractivity contribution is 0.455. The van der Waals surface area contributed by atoms with E-state index in [2.05, 4.69) is 4.99 Å². The lowest BCUT2D eigenvalue weighted by Gasteiger charge is -2.27. The zero-order valence-electron chi connectivity index (χ0n) is 9.84. The fraction of sp³-hybridized carbons (Fsp3) is 0.900. The van der Waals surface area contributed by atoms with Crippen molar-refractivity contribution in [2.24, 2.45) is 10.7 Å². The van der Waals surface area contributed by atoms with Crippen LogP contribution < -0.4 is 5.73 Å². The molecule has 17 heavy (non-hydrogen) atoms. The van der Waals surface area contributed by atoms with E-state index in [-0.39, 0.29) is 5.25 Å². The van der Waals surface area contributed by atoms with Gasteiger partial charge in [-0.3, -0.25) is 4.99 Å². The number of nitrogens with two attached hydrogens (primary N) is 1. The third-order valence-electron chi connectivity index (χ3n) is 3.25. The van der Waals surface area contributed by atoms with Gasteiger partial charge in [-0.1, -0.05) is 0 Å². The second-order valence-corrected chi connectivity index (χ2v) is 8.05. The summed E-state index contributed by atoms with van der Waals surface area (Å²) in [6.45, 7) is 2.16. The minimum Gasteiger partial charge on any atom is -0.370 e. The normalized spacial score (nSPS) is 29.5. The molecular weight excluding hydrogens is 258 g/mol. The van der Waals surface area contributed by atoms with E-state index in [1.54, 1.807) is 0 Å². The standard InChI is InChI=1S/C10H19N3O2S2/c11-10(13-3-5-16-6-4-13)12-8-9-2-1-7-17(9,14)15/h9H,1-8H2,(H2,11,12). The Morgan fingerprint density at radius 3 is 2.71 bits per heavy atom. The summed E-state index contributed by atoms with van der Waals surface area (Å²) >= 11 is 1.91. The van der Waals surface area contributed by atoms with Gasteiger partial charge >= 0.3 is 0 Å². The predicted molar refractivity (Wildman–Crippen MR) is 72.2 cm³/mol. The van der Waals surface area contributed by atoms with Gasteiger partial charge in [-0.25, -0.2) is 8.42 Å². The molecule has 5 nitrogen and oxygen atoms in total. The van der Waals surface area contributed by atoms with Gasteiger partial charge in [-0.05, 0) is 12.8 Å². The number of hydrogen-bond donors (Lipinski definition) is 1. The fourth-order valence-corrected chi connectivity index (χ4v) is 4.78. The number of nitrogens with zero attached hydrogens (tertiary/aromatic N) is 2. The monoisotopic (exact) mass is 277 g/mol. The highest BCUT2D eigenvalue weighted by Gasteiger charge is 2.31. The van der Waals surface area contributed by atoms with Crippen LogP contribution in [0.1, 0.15) is 12.8 Å². The molecule has 2 heterocycles. The molecule has 0 radical (unpaired) electrons. The topological polar surface area (TPSA) is 75.8 Å². The molecule has 2 saturated heterocycles. The molecule has 2 N–H and O–H groups in total. The van der Waals surface area contributed by atoms with Crippen molar-refractivity contribution in [1.82, 2.24) is 4.90 Å². The SMILES string of the molecule is NC(=NCC1CCCS1(=O)=O)N1CCSCC1. The van der Waals surface area contributed by atoms with Gasteiger partial charge < -0.3 is 10.6 Å². The van der Waals surface area contributed by atoms with Crippen molar-refractivity contribution in [2.45, 2.75) is 18.1 Å². The largest absolute Gasteiger partial charge is 0.370 e. The summed E-state index contributed by atoms with van der Waals surface area (Å²) in [5, 5.41) is -0.305. The van der Waals surface area contributed by atoms with Crippen LogP contribution in [0, 0.1) is 0 Å². The molecule has 0 spiro atoms. The second-order valence-electron chi connectivity index (χ2n) is 4.43.